The highest BCUT2D eigenvalue weighted by Gasteiger charge is 2.43. The number of ether oxygens (including phenoxy) is 2. The monoisotopic (exact) mass is 542 g/mol. The van der Waals surface area contributed by atoms with E-state index in [4.69, 9.17) is 16.3 Å². The van der Waals surface area contributed by atoms with E-state index in [9.17, 15) is 48.3 Å². The van der Waals surface area contributed by atoms with Gasteiger partial charge < -0.3 is 9.47 Å². The standard InChI is InChI=1S/C17H11ClF8N2O5S/c1-34(30,31)28-13(29)8-3-10(18)12(4-11(8)19)33-7-2-9(17(24,25)26)14(27-5-7)32-6-16(22,23)15(20)21/h2-5,15H,6H2,1H3,(H,28,29). The molecular formula is C17H11ClF8N2O5S. The van der Waals surface area contributed by atoms with Crippen LogP contribution in [0, 0.1) is 5.82 Å². The Hall–Kier alpha value is -2.88. The summed E-state index contributed by atoms with van der Waals surface area (Å²) in [6.45, 7) is -2.10. The van der Waals surface area contributed by atoms with Crippen LogP contribution in [0.5, 0.6) is 17.4 Å². The summed E-state index contributed by atoms with van der Waals surface area (Å²) in [4.78, 5) is 14.9. The molecule has 0 spiro atoms. The fourth-order valence-electron chi connectivity index (χ4n) is 2.17. The molecule has 1 heterocycles. The molecule has 2 aromatic rings. The minimum absolute atomic E-state index is 0.196. The number of carbonyl (C=O) groups is 1. The zero-order valence-corrected chi connectivity index (χ0v) is 18.0. The number of carbonyl (C=O) groups excluding carboxylic acids is 1. The molecule has 1 amide bonds. The lowest BCUT2D eigenvalue weighted by Gasteiger charge is -2.18. The van der Waals surface area contributed by atoms with Crippen LogP contribution < -0.4 is 14.2 Å². The zero-order chi connectivity index (χ0) is 26.1. The molecule has 188 valence electrons. The highest BCUT2D eigenvalue weighted by Crippen LogP contribution is 2.39. The minimum Gasteiger partial charge on any atom is -0.471 e. The van der Waals surface area contributed by atoms with Crippen molar-refractivity contribution in [2.45, 2.75) is 18.5 Å². The maximum Gasteiger partial charge on any atom is 0.421 e. The lowest BCUT2D eigenvalue weighted by molar-refractivity contribution is -0.154. The van der Waals surface area contributed by atoms with Crippen molar-refractivity contribution < 1.29 is 57.8 Å². The molecule has 0 aliphatic carbocycles. The molecule has 0 aliphatic heterocycles. The first kappa shape index (κ1) is 27.4. The van der Waals surface area contributed by atoms with Crippen LogP contribution in [0.25, 0.3) is 0 Å². The van der Waals surface area contributed by atoms with Gasteiger partial charge in [-0.25, -0.2) is 31.3 Å². The molecule has 7 nitrogen and oxygen atoms in total. The number of hydrogen-bond acceptors (Lipinski definition) is 6. The van der Waals surface area contributed by atoms with E-state index in [2.05, 4.69) is 9.72 Å². The van der Waals surface area contributed by atoms with Crippen LogP contribution >= 0.6 is 11.6 Å². The number of halogens is 9. The quantitative estimate of drug-likeness (QED) is 0.488. The summed E-state index contributed by atoms with van der Waals surface area (Å²) in [5.41, 5.74) is -2.61. The number of alkyl halides is 7. The predicted octanol–water partition coefficient (Wildman–Crippen LogP) is 4.65. The van der Waals surface area contributed by atoms with Crippen LogP contribution in [0.2, 0.25) is 5.02 Å². The molecule has 0 atom stereocenters. The van der Waals surface area contributed by atoms with Crippen molar-refractivity contribution >= 4 is 27.5 Å². The van der Waals surface area contributed by atoms with Gasteiger partial charge in [0.2, 0.25) is 15.9 Å². The van der Waals surface area contributed by atoms with E-state index < -0.39 is 80.4 Å². The Kier molecular flexibility index (Phi) is 7.87. The number of hydrogen-bond donors (Lipinski definition) is 1. The van der Waals surface area contributed by atoms with Gasteiger partial charge in [0.15, 0.2) is 6.61 Å². The molecule has 2 rings (SSSR count). The fraction of sp³-hybridized carbons (Fsp3) is 0.294. The van der Waals surface area contributed by atoms with Crippen LogP contribution in [-0.4, -0.2) is 44.5 Å². The van der Waals surface area contributed by atoms with E-state index >= 15 is 0 Å². The Morgan fingerprint density at radius 3 is 2.32 bits per heavy atom. The van der Waals surface area contributed by atoms with Crippen molar-refractivity contribution in [3.05, 3.63) is 46.4 Å². The van der Waals surface area contributed by atoms with E-state index in [1.165, 1.54) is 4.72 Å². The number of nitrogens with one attached hydrogen (secondary N) is 1. The molecule has 0 fully saturated rings. The third-order valence-corrected chi connectivity index (χ3v) is 4.48. The molecule has 1 aromatic carbocycles. The van der Waals surface area contributed by atoms with Gasteiger partial charge in [-0.05, 0) is 6.07 Å². The second kappa shape index (κ2) is 9.77. The second-order valence-corrected chi connectivity index (χ2v) is 8.60. The van der Waals surface area contributed by atoms with Crippen LogP contribution in [0.15, 0.2) is 24.4 Å². The summed E-state index contributed by atoms with van der Waals surface area (Å²) in [7, 11) is -4.06. The molecule has 34 heavy (non-hydrogen) atoms. The number of rotatable bonds is 8. The van der Waals surface area contributed by atoms with Crippen molar-refractivity contribution in [3.8, 4) is 17.4 Å². The Morgan fingerprint density at radius 2 is 1.79 bits per heavy atom. The van der Waals surface area contributed by atoms with Gasteiger partial charge in [-0.2, -0.15) is 22.0 Å². The third kappa shape index (κ3) is 7.06. The van der Waals surface area contributed by atoms with E-state index in [1.54, 1.807) is 0 Å². The molecule has 0 radical (unpaired) electrons. The van der Waals surface area contributed by atoms with Gasteiger partial charge in [-0.3, -0.25) is 4.79 Å². The Labute approximate surface area is 190 Å². The minimum atomic E-state index is -5.26. The number of amides is 1. The van der Waals surface area contributed by atoms with E-state index in [0.717, 1.165) is 0 Å². The van der Waals surface area contributed by atoms with Crippen molar-refractivity contribution in [2.75, 3.05) is 12.9 Å². The number of nitrogens with zero attached hydrogens (tertiary/aromatic N) is 1. The Balaban J connectivity index is 2.35. The summed E-state index contributed by atoms with van der Waals surface area (Å²) in [5.74, 6) is -10.4. The van der Waals surface area contributed by atoms with Crippen molar-refractivity contribution in [2.24, 2.45) is 0 Å². The lowest BCUT2D eigenvalue weighted by atomic mass is 10.2. The smallest absolute Gasteiger partial charge is 0.421 e. The maximum absolute atomic E-state index is 14.2. The van der Waals surface area contributed by atoms with E-state index in [-0.39, 0.29) is 6.07 Å². The normalized spacial score (nSPS) is 12.6. The molecule has 1 aromatic heterocycles. The first-order chi connectivity index (χ1) is 15.4. The van der Waals surface area contributed by atoms with Crippen molar-refractivity contribution in [1.82, 2.24) is 9.71 Å². The van der Waals surface area contributed by atoms with Crippen LogP contribution in [0.1, 0.15) is 15.9 Å². The summed E-state index contributed by atoms with van der Waals surface area (Å²) in [5, 5.41) is -0.537. The Bertz CT molecular complexity index is 1190. The summed E-state index contributed by atoms with van der Waals surface area (Å²) in [6.07, 6.45) is -8.33. The molecule has 0 saturated heterocycles. The zero-order valence-electron chi connectivity index (χ0n) is 16.4. The summed E-state index contributed by atoms with van der Waals surface area (Å²) >= 11 is 5.81. The first-order valence-electron chi connectivity index (χ1n) is 8.45. The van der Waals surface area contributed by atoms with Gasteiger partial charge in [0, 0.05) is 12.1 Å². The summed E-state index contributed by atoms with van der Waals surface area (Å²) in [6, 6.07) is 1.29. The topological polar surface area (TPSA) is 94.6 Å². The number of pyridine rings is 1. The SMILES string of the molecule is CS(=O)(=O)NC(=O)c1cc(Cl)c(Oc2cnc(OCC(F)(F)C(F)F)c(C(F)(F)F)c2)cc1F. The van der Waals surface area contributed by atoms with Crippen LogP contribution in [-0.2, 0) is 16.2 Å². The third-order valence-electron chi connectivity index (χ3n) is 3.62. The average molecular weight is 543 g/mol. The summed E-state index contributed by atoms with van der Waals surface area (Å²) < 4.78 is 137. The first-order valence-corrected chi connectivity index (χ1v) is 10.7. The van der Waals surface area contributed by atoms with Gasteiger partial charge in [0.25, 0.3) is 5.91 Å². The Morgan fingerprint density at radius 1 is 1.18 bits per heavy atom. The molecule has 0 bridgehead atoms. The molecular weight excluding hydrogens is 532 g/mol. The van der Waals surface area contributed by atoms with Gasteiger partial charge in [0.05, 0.1) is 23.0 Å². The maximum atomic E-state index is 14.2. The van der Waals surface area contributed by atoms with Gasteiger partial charge >= 0.3 is 18.5 Å². The molecule has 0 unspecified atom stereocenters. The van der Waals surface area contributed by atoms with Crippen molar-refractivity contribution in [3.63, 3.8) is 0 Å². The van der Waals surface area contributed by atoms with Gasteiger partial charge in [-0.15, -0.1) is 0 Å². The number of sulfonamides is 1. The van der Waals surface area contributed by atoms with Crippen molar-refractivity contribution in [1.29, 1.82) is 0 Å². The largest absolute Gasteiger partial charge is 0.471 e. The van der Waals surface area contributed by atoms with Gasteiger partial charge in [0.1, 0.15) is 22.9 Å². The highest BCUT2D eigenvalue weighted by atomic mass is 35.5. The second-order valence-electron chi connectivity index (χ2n) is 6.44. The molecule has 17 heteroatoms. The average Bonchev–Trinajstić information content (AvgIpc) is 2.67. The van der Waals surface area contributed by atoms with E-state index in [0.29, 0.717) is 24.6 Å². The molecule has 0 aliphatic rings. The lowest BCUT2D eigenvalue weighted by Crippen LogP contribution is -2.34. The van der Waals surface area contributed by atoms with E-state index in [1.807, 2.05) is 0 Å². The fourth-order valence-corrected chi connectivity index (χ4v) is 2.81. The molecule has 0 saturated carbocycles. The number of benzene rings is 1. The van der Waals surface area contributed by atoms with Crippen LogP contribution in [0.3, 0.4) is 0 Å². The number of aromatic nitrogens is 1. The van der Waals surface area contributed by atoms with Gasteiger partial charge in [-0.1, -0.05) is 11.6 Å². The molecule has 1 N–H and O–H groups in total. The van der Waals surface area contributed by atoms with Crippen LogP contribution in [0.4, 0.5) is 35.1 Å². The predicted molar refractivity (Wildman–Crippen MR) is 99.5 cm³/mol. The highest BCUT2D eigenvalue weighted by molar-refractivity contribution is 7.89.